The Morgan fingerprint density at radius 1 is 1.26 bits per heavy atom. The van der Waals surface area contributed by atoms with E-state index in [2.05, 4.69) is 5.32 Å². The first-order chi connectivity index (χ1) is 10.7. The maximum absolute atomic E-state index is 12.8. The fourth-order valence-electron chi connectivity index (χ4n) is 1.80. The van der Waals surface area contributed by atoms with E-state index in [1.807, 2.05) is 13.8 Å². The zero-order valence-electron chi connectivity index (χ0n) is 13.5. The molecule has 7 heteroatoms. The second-order valence-electron chi connectivity index (χ2n) is 5.53. The highest BCUT2D eigenvalue weighted by molar-refractivity contribution is 5.92. The predicted octanol–water partition coefficient (Wildman–Crippen LogP) is 4.11. The van der Waals surface area contributed by atoms with E-state index in [0.717, 1.165) is 12.1 Å². The van der Waals surface area contributed by atoms with E-state index < -0.39 is 11.7 Å². The monoisotopic (exact) mass is 333 g/mol. The van der Waals surface area contributed by atoms with Crippen LogP contribution < -0.4 is 10.1 Å². The largest absolute Gasteiger partial charge is 0.489 e. The fourth-order valence-corrected chi connectivity index (χ4v) is 1.80. The smallest absolute Gasteiger partial charge is 0.416 e. The summed E-state index contributed by atoms with van der Waals surface area (Å²) in [5.41, 5.74) is -0.819. The number of carbonyl (C=O) groups excluding carboxylic acids is 1. The molecule has 23 heavy (non-hydrogen) atoms. The van der Waals surface area contributed by atoms with E-state index in [1.54, 1.807) is 0 Å². The molecule has 0 aliphatic carbocycles. The van der Waals surface area contributed by atoms with Gasteiger partial charge in [-0.15, -0.1) is 0 Å². The Kier molecular flexibility index (Phi) is 7.35. The number of rotatable bonds is 8. The second-order valence-corrected chi connectivity index (χ2v) is 5.53. The van der Waals surface area contributed by atoms with Crippen LogP contribution in [-0.2, 0) is 15.7 Å². The second kappa shape index (κ2) is 8.76. The van der Waals surface area contributed by atoms with Crippen LogP contribution in [0, 0.1) is 5.92 Å². The number of ether oxygens (including phenoxy) is 2. The first kappa shape index (κ1) is 19.3. The van der Waals surface area contributed by atoms with E-state index >= 15 is 0 Å². The van der Waals surface area contributed by atoms with Gasteiger partial charge < -0.3 is 14.8 Å². The van der Waals surface area contributed by atoms with Crippen LogP contribution in [0.5, 0.6) is 5.75 Å². The zero-order chi connectivity index (χ0) is 17.5. The third kappa shape index (κ3) is 6.90. The van der Waals surface area contributed by atoms with Gasteiger partial charge in [0.1, 0.15) is 12.4 Å². The van der Waals surface area contributed by atoms with Crippen molar-refractivity contribution < 1.29 is 27.4 Å². The van der Waals surface area contributed by atoms with Gasteiger partial charge in [0.25, 0.3) is 0 Å². The highest BCUT2D eigenvalue weighted by Gasteiger charge is 2.31. The van der Waals surface area contributed by atoms with Gasteiger partial charge in [-0.2, -0.15) is 13.2 Å². The maximum atomic E-state index is 12.8. The van der Waals surface area contributed by atoms with Gasteiger partial charge in [-0.25, -0.2) is 0 Å². The molecule has 0 spiro atoms. The normalized spacial score (nSPS) is 11.6. The number of benzene rings is 1. The molecule has 1 aromatic rings. The van der Waals surface area contributed by atoms with E-state index in [-0.39, 0.29) is 30.4 Å². The number of hydrogen-bond donors (Lipinski definition) is 1. The summed E-state index contributed by atoms with van der Waals surface area (Å²) in [6.45, 7) is 4.41. The van der Waals surface area contributed by atoms with Crippen LogP contribution in [0.15, 0.2) is 18.2 Å². The highest BCUT2D eigenvalue weighted by Crippen LogP contribution is 2.35. The lowest BCUT2D eigenvalue weighted by atomic mass is 10.1. The van der Waals surface area contributed by atoms with Crippen molar-refractivity contribution in [2.45, 2.75) is 32.9 Å². The standard InChI is InChI=1S/C16H22F3NO3/c1-11(2)4-7-15(21)20-13-10-12(16(17,18)19)5-6-14(13)23-9-8-22-3/h5-6,10-11H,4,7-9H2,1-3H3,(H,20,21). The van der Waals surface area contributed by atoms with Crippen molar-refractivity contribution in [2.24, 2.45) is 5.92 Å². The number of amides is 1. The minimum absolute atomic E-state index is 0.0182. The van der Waals surface area contributed by atoms with Crippen LogP contribution in [0.2, 0.25) is 0 Å². The van der Waals surface area contributed by atoms with Crippen molar-refractivity contribution in [2.75, 3.05) is 25.6 Å². The van der Waals surface area contributed by atoms with Crippen molar-refractivity contribution in [1.82, 2.24) is 0 Å². The summed E-state index contributed by atoms with van der Waals surface area (Å²) >= 11 is 0. The summed E-state index contributed by atoms with van der Waals surface area (Å²) in [4.78, 5) is 11.9. The van der Waals surface area contributed by atoms with Gasteiger partial charge in [0.05, 0.1) is 17.9 Å². The molecular formula is C16H22F3NO3. The van der Waals surface area contributed by atoms with Gasteiger partial charge in [-0.05, 0) is 30.5 Å². The van der Waals surface area contributed by atoms with Crippen molar-refractivity contribution in [1.29, 1.82) is 0 Å². The molecule has 1 amide bonds. The summed E-state index contributed by atoms with van der Waals surface area (Å²) in [5, 5.41) is 2.50. The average Bonchev–Trinajstić information content (AvgIpc) is 2.45. The van der Waals surface area contributed by atoms with E-state index in [0.29, 0.717) is 18.9 Å². The fraction of sp³-hybridized carbons (Fsp3) is 0.562. The first-order valence-corrected chi connectivity index (χ1v) is 7.37. The molecule has 0 saturated heterocycles. The van der Waals surface area contributed by atoms with Crippen molar-refractivity contribution in [3.8, 4) is 5.75 Å². The lowest BCUT2D eigenvalue weighted by molar-refractivity contribution is -0.137. The molecule has 130 valence electrons. The molecular weight excluding hydrogens is 311 g/mol. The average molecular weight is 333 g/mol. The van der Waals surface area contributed by atoms with Crippen LogP contribution in [-0.4, -0.2) is 26.2 Å². The SMILES string of the molecule is COCCOc1ccc(C(F)(F)F)cc1NC(=O)CCC(C)C. The molecule has 0 fully saturated rings. The van der Waals surface area contributed by atoms with Gasteiger partial charge >= 0.3 is 6.18 Å². The minimum Gasteiger partial charge on any atom is -0.489 e. The van der Waals surface area contributed by atoms with Crippen LogP contribution in [0.3, 0.4) is 0 Å². The third-order valence-electron chi connectivity index (χ3n) is 3.07. The molecule has 0 aromatic heterocycles. The van der Waals surface area contributed by atoms with E-state index in [9.17, 15) is 18.0 Å². The van der Waals surface area contributed by atoms with E-state index in [4.69, 9.17) is 9.47 Å². The zero-order valence-corrected chi connectivity index (χ0v) is 13.5. The molecule has 0 unspecified atom stereocenters. The number of anilines is 1. The third-order valence-corrected chi connectivity index (χ3v) is 3.07. The molecule has 0 radical (unpaired) electrons. The van der Waals surface area contributed by atoms with Gasteiger partial charge in [0, 0.05) is 13.5 Å². The molecule has 0 heterocycles. The van der Waals surface area contributed by atoms with Gasteiger partial charge in [-0.3, -0.25) is 4.79 Å². The molecule has 1 rings (SSSR count). The molecule has 0 aliphatic rings. The van der Waals surface area contributed by atoms with Crippen LogP contribution >= 0.6 is 0 Å². The Morgan fingerprint density at radius 3 is 2.52 bits per heavy atom. The van der Waals surface area contributed by atoms with Crippen LogP contribution in [0.25, 0.3) is 0 Å². The number of carbonyl (C=O) groups is 1. The maximum Gasteiger partial charge on any atom is 0.416 e. The van der Waals surface area contributed by atoms with Gasteiger partial charge in [0.2, 0.25) is 5.91 Å². The molecule has 4 nitrogen and oxygen atoms in total. The molecule has 1 aromatic carbocycles. The Labute approximate surface area is 134 Å². The quantitative estimate of drug-likeness (QED) is 0.729. The minimum atomic E-state index is -4.48. The Hall–Kier alpha value is -1.76. The van der Waals surface area contributed by atoms with Crippen molar-refractivity contribution in [3.63, 3.8) is 0 Å². The van der Waals surface area contributed by atoms with Crippen LogP contribution in [0.4, 0.5) is 18.9 Å². The lowest BCUT2D eigenvalue weighted by Gasteiger charge is -2.15. The summed E-state index contributed by atoms with van der Waals surface area (Å²) < 4.78 is 48.7. The molecule has 0 atom stereocenters. The molecule has 1 N–H and O–H groups in total. The van der Waals surface area contributed by atoms with Gasteiger partial charge in [-0.1, -0.05) is 13.8 Å². The van der Waals surface area contributed by atoms with Crippen molar-refractivity contribution in [3.05, 3.63) is 23.8 Å². The Bertz CT molecular complexity index is 516. The lowest BCUT2D eigenvalue weighted by Crippen LogP contribution is -2.15. The molecule has 0 saturated carbocycles. The summed E-state index contributed by atoms with van der Waals surface area (Å²) in [5.74, 6) is 0.183. The van der Waals surface area contributed by atoms with Crippen molar-refractivity contribution >= 4 is 11.6 Å². The topological polar surface area (TPSA) is 47.6 Å². The Balaban J connectivity index is 2.91. The number of hydrogen-bond acceptors (Lipinski definition) is 3. The highest BCUT2D eigenvalue weighted by atomic mass is 19.4. The summed E-state index contributed by atoms with van der Waals surface area (Å²) in [6.07, 6.45) is -3.58. The Morgan fingerprint density at radius 2 is 1.96 bits per heavy atom. The first-order valence-electron chi connectivity index (χ1n) is 7.37. The summed E-state index contributed by atoms with van der Waals surface area (Å²) in [6, 6.07) is 3.01. The van der Waals surface area contributed by atoms with Crippen LogP contribution in [0.1, 0.15) is 32.3 Å². The van der Waals surface area contributed by atoms with Gasteiger partial charge in [0.15, 0.2) is 0 Å². The molecule has 0 bridgehead atoms. The number of halogens is 3. The number of methoxy groups -OCH3 is 1. The number of nitrogens with one attached hydrogen (secondary N) is 1. The predicted molar refractivity (Wildman–Crippen MR) is 81.5 cm³/mol. The molecule has 0 aliphatic heterocycles. The number of alkyl halides is 3. The van der Waals surface area contributed by atoms with E-state index in [1.165, 1.54) is 13.2 Å². The summed E-state index contributed by atoms with van der Waals surface area (Å²) in [7, 11) is 1.49.